The zero-order valence-electron chi connectivity index (χ0n) is 21.7. The molecule has 0 radical (unpaired) electrons. The molecular formula is C27H33N5O3S. The van der Waals surface area contributed by atoms with Crippen LogP contribution in [0.5, 0.6) is 0 Å². The highest BCUT2D eigenvalue weighted by Crippen LogP contribution is 2.38. The summed E-state index contributed by atoms with van der Waals surface area (Å²) in [6, 6.07) is 3.16. The molecule has 0 atom stereocenters. The molecule has 0 bridgehead atoms. The van der Waals surface area contributed by atoms with Crippen molar-refractivity contribution in [3.63, 3.8) is 0 Å². The van der Waals surface area contributed by atoms with Crippen LogP contribution in [-0.2, 0) is 10.2 Å². The second kappa shape index (κ2) is 9.58. The molecule has 2 aliphatic rings. The molecule has 2 fully saturated rings. The summed E-state index contributed by atoms with van der Waals surface area (Å²) < 4.78 is 0. The fourth-order valence-electron chi connectivity index (χ4n) is 3.81. The molecule has 1 aliphatic carbocycles. The molecule has 2 aromatic rings. The normalized spacial score (nSPS) is 17.1. The van der Waals surface area contributed by atoms with Crippen molar-refractivity contribution in [3.05, 3.63) is 40.0 Å². The van der Waals surface area contributed by atoms with E-state index in [1.165, 1.54) is 11.3 Å². The van der Waals surface area contributed by atoms with Crippen LogP contribution in [0, 0.1) is 24.7 Å². The molecule has 9 heteroatoms. The Morgan fingerprint density at radius 2 is 1.94 bits per heavy atom. The number of nitrogens with zero attached hydrogens (tertiary/aromatic N) is 2. The minimum Gasteiger partial charge on any atom is -0.352 e. The summed E-state index contributed by atoms with van der Waals surface area (Å²) in [6.45, 7) is 12.3. The van der Waals surface area contributed by atoms with Crippen LogP contribution in [0.3, 0.4) is 0 Å². The van der Waals surface area contributed by atoms with Crippen LogP contribution in [0.4, 0.5) is 15.5 Å². The van der Waals surface area contributed by atoms with Crippen LogP contribution in [0.25, 0.3) is 0 Å². The molecule has 1 saturated heterocycles. The molecule has 4 amide bonds. The number of hydrogen-bond donors (Lipinski definition) is 3. The van der Waals surface area contributed by atoms with Crippen molar-refractivity contribution in [2.24, 2.45) is 5.92 Å². The summed E-state index contributed by atoms with van der Waals surface area (Å²) in [5, 5.41) is 8.93. The van der Waals surface area contributed by atoms with E-state index < -0.39 is 11.6 Å². The van der Waals surface area contributed by atoms with Gasteiger partial charge in [-0.1, -0.05) is 32.6 Å². The number of nitrogens with one attached hydrogen (secondary N) is 3. The van der Waals surface area contributed by atoms with Crippen LogP contribution < -0.4 is 16.0 Å². The van der Waals surface area contributed by atoms with Crippen molar-refractivity contribution in [3.8, 4) is 11.8 Å². The van der Waals surface area contributed by atoms with Gasteiger partial charge >= 0.3 is 6.03 Å². The largest absolute Gasteiger partial charge is 0.352 e. The highest BCUT2D eigenvalue weighted by atomic mass is 32.1. The van der Waals surface area contributed by atoms with E-state index in [9.17, 15) is 14.4 Å². The Bertz CT molecular complexity index is 1270. The lowest BCUT2D eigenvalue weighted by atomic mass is 9.93. The van der Waals surface area contributed by atoms with Crippen LogP contribution >= 0.6 is 11.3 Å². The SMILES string of the molecule is Cc1ncc(NC(=O)Nc2sc(C(C)(C)C)cc2C(=O)N2CCNC(=O)C2(C)C)cc1C#CC1CC1. The fraction of sp³-hybridized carbons (Fsp3) is 0.481. The number of carbonyl (C=O) groups is 3. The first-order valence-electron chi connectivity index (χ1n) is 12.2. The third-order valence-electron chi connectivity index (χ3n) is 6.36. The number of urea groups is 1. The van der Waals surface area contributed by atoms with Gasteiger partial charge in [0.15, 0.2) is 0 Å². The number of amides is 4. The number of carbonyl (C=O) groups excluding carboxylic acids is 3. The molecule has 3 N–H and O–H groups in total. The lowest BCUT2D eigenvalue weighted by Crippen LogP contribution is -2.63. The van der Waals surface area contributed by atoms with E-state index in [2.05, 4.69) is 53.5 Å². The summed E-state index contributed by atoms with van der Waals surface area (Å²) in [6.07, 6.45) is 3.86. The standard InChI is InChI=1S/C27H33N5O3S/c1-16-18(10-9-17-7-8-17)13-19(15-29-16)30-25(35)31-22-20(14-21(36-22)26(2,3)4)23(33)32-12-11-28-24(34)27(32,5)6/h13-15,17H,7-8,11-12H2,1-6H3,(H,28,34)(H2,30,31,35). The van der Waals surface area contributed by atoms with Crippen LogP contribution in [0.2, 0.25) is 0 Å². The average Bonchev–Trinajstić information content (AvgIpc) is 3.52. The van der Waals surface area contributed by atoms with Gasteiger partial charge in [0.05, 0.1) is 23.1 Å². The molecule has 0 spiro atoms. The third kappa shape index (κ3) is 5.54. The second-order valence-corrected chi connectivity index (χ2v) is 11.9. The van der Waals surface area contributed by atoms with E-state index in [0.29, 0.717) is 35.3 Å². The average molecular weight is 508 g/mol. The lowest BCUT2D eigenvalue weighted by molar-refractivity contribution is -0.133. The van der Waals surface area contributed by atoms with Crippen molar-refractivity contribution in [1.82, 2.24) is 15.2 Å². The first-order chi connectivity index (χ1) is 16.9. The van der Waals surface area contributed by atoms with Crippen LogP contribution in [0.15, 0.2) is 18.3 Å². The van der Waals surface area contributed by atoms with Gasteiger partial charge in [-0.3, -0.25) is 19.9 Å². The number of aryl methyl sites for hydroxylation is 1. The predicted molar refractivity (Wildman–Crippen MR) is 142 cm³/mol. The van der Waals surface area contributed by atoms with E-state index in [4.69, 9.17) is 0 Å². The van der Waals surface area contributed by atoms with Gasteiger partial charge in [-0.15, -0.1) is 11.3 Å². The lowest BCUT2D eigenvalue weighted by Gasteiger charge is -2.41. The van der Waals surface area contributed by atoms with Gasteiger partial charge in [-0.05, 0) is 51.2 Å². The number of aromatic nitrogens is 1. The van der Waals surface area contributed by atoms with Crippen LogP contribution in [-0.4, -0.2) is 46.4 Å². The first kappa shape index (κ1) is 25.7. The van der Waals surface area contributed by atoms with Gasteiger partial charge in [-0.2, -0.15) is 0 Å². The van der Waals surface area contributed by atoms with Gasteiger partial charge in [0.2, 0.25) is 5.91 Å². The van der Waals surface area contributed by atoms with Gasteiger partial charge in [0.1, 0.15) is 10.5 Å². The first-order valence-corrected chi connectivity index (χ1v) is 13.0. The molecule has 3 heterocycles. The second-order valence-electron chi connectivity index (χ2n) is 10.9. The van der Waals surface area contributed by atoms with E-state index in [1.807, 2.05) is 19.1 Å². The maximum absolute atomic E-state index is 13.6. The minimum atomic E-state index is -0.996. The summed E-state index contributed by atoms with van der Waals surface area (Å²) in [5.41, 5.74) is 1.27. The van der Waals surface area contributed by atoms with E-state index in [-0.39, 0.29) is 17.2 Å². The van der Waals surface area contributed by atoms with Crippen molar-refractivity contribution in [1.29, 1.82) is 0 Å². The molecular weight excluding hydrogens is 474 g/mol. The Balaban J connectivity index is 1.58. The van der Waals surface area contributed by atoms with E-state index in [0.717, 1.165) is 29.0 Å². The number of anilines is 2. The zero-order chi connectivity index (χ0) is 26.3. The highest BCUT2D eigenvalue weighted by Gasteiger charge is 2.42. The van der Waals surface area contributed by atoms with Gasteiger partial charge < -0.3 is 15.5 Å². The minimum absolute atomic E-state index is 0.201. The van der Waals surface area contributed by atoms with Crippen molar-refractivity contribution >= 4 is 39.9 Å². The molecule has 1 aliphatic heterocycles. The summed E-state index contributed by atoms with van der Waals surface area (Å²) in [5.74, 6) is 6.37. The molecule has 4 rings (SSSR count). The third-order valence-corrected chi connectivity index (χ3v) is 7.83. The fourth-order valence-corrected chi connectivity index (χ4v) is 4.92. The van der Waals surface area contributed by atoms with E-state index in [1.54, 1.807) is 24.9 Å². The maximum atomic E-state index is 13.6. The quantitative estimate of drug-likeness (QED) is 0.532. The molecule has 190 valence electrons. The highest BCUT2D eigenvalue weighted by molar-refractivity contribution is 7.16. The van der Waals surface area contributed by atoms with E-state index >= 15 is 0 Å². The molecule has 8 nitrogen and oxygen atoms in total. The molecule has 2 aromatic heterocycles. The van der Waals surface area contributed by atoms with Crippen LogP contribution in [0.1, 0.15) is 74.0 Å². The molecule has 0 unspecified atom stereocenters. The molecule has 1 saturated carbocycles. The predicted octanol–water partition coefficient (Wildman–Crippen LogP) is 4.51. The number of hydrogen-bond acceptors (Lipinski definition) is 5. The summed E-state index contributed by atoms with van der Waals surface area (Å²) in [4.78, 5) is 45.9. The zero-order valence-corrected chi connectivity index (χ0v) is 22.5. The molecule has 36 heavy (non-hydrogen) atoms. The van der Waals surface area contributed by atoms with Gasteiger partial charge in [0.25, 0.3) is 5.91 Å². The Labute approximate surface area is 216 Å². The summed E-state index contributed by atoms with van der Waals surface area (Å²) >= 11 is 1.36. The van der Waals surface area contributed by atoms with Gasteiger partial charge in [-0.25, -0.2) is 4.79 Å². The maximum Gasteiger partial charge on any atom is 0.324 e. The Kier molecular flexibility index (Phi) is 6.84. The van der Waals surface area contributed by atoms with Gasteiger partial charge in [0, 0.05) is 29.4 Å². The number of thiophene rings is 1. The number of piperazine rings is 1. The Hall–Kier alpha value is -3.38. The summed E-state index contributed by atoms with van der Waals surface area (Å²) in [7, 11) is 0. The Morgan fingerprint density at radius 3 is 2.61 bits per heavy atom. The monoisotopic (exact) mass is 507 g/mol. The topological polar surface area (TPSA) is 103 Å². The number of rotatable bonds is 3. The smallest absolute Gasteiger partial charge is 0.324 e. The Morgan fingerprint density at radius 1 is 1.22 bits per heavy atom. The number of pyridine rings is 1. The van der Waals surface area contributed by atoms with Crippen molar-refractivity contribution in [2.75, 3.05) is 23.7 Å². The molecule has 0 aromatic carbocycles. The van der Waals surface area contributed by atoms with Crippen molar-refractivity contribution < 1.29 is 14.4 Å². The van der Waals surface area contributed by atoms with Crippen molar-refractivity contribution in [2.45, 2.75) is 65.3 Å².